The zero-order valence-electron chi connectivity index (χ0n) is 13.6. The van der Waals surface area contributed by atoms with Gasteiger partial charge in [0.15, 0.2) is 11.5 Å². The fourth-order valence-electron chi connectivity index (χ4n) is 2.22. The Hall–Kier alpha value is -2.59. The maximum Gasteiger partial charge on any atom is 0.263 e. The van der Waals surface area contributed by atoms with Gasteiger partial charge < -0.3 is 19.5 Å². The van der Waals surface area contributed by atoms with Crippen molar-refractivity contribution in [1.29, 1.82) is 0 Å². The van der Waals surface area contributed by atoms with Crippen molar-refractivity contribution in [1.82, 2.24) is 20.3 Å². The van der Waals surface area contributed by atoms with Crippen molar-refractivity contribution in [2.24, 2.45) is 0 Å². The van der Waals surface area contributed by atoms with Crippen molar-refractivity contribution >= 4 is 40.3 Å². The molecule has 10 heteroatoms. The monoisotopic (exact) mass is 378 g/mol. The lowest BCUT2D eigenvalue weighted by Crippen LogP contribution is -2.17. The number of thioether (sulfide) groups is 1. The summed E-state index contributed by atoms with van der Waals surface area (Å²) in [6.07, 6.45) is 3.31. The Morgan fingerprint density at radius 3 is 2.40 bits per heavy atom. The highest BCUT2D eigenvalue weighted by Crippen LogP contribution is 2.39. The summed E-state index contributed by atoms with van der Waals surface area (Å²) in [5.41, 5.74) is 1.20. The summed E-state index contributed by atoms with van der Waals surface area (Å²) in [4.78, 5) is 12.2. The lowest BCUT2D eigenvalue weighted by Gasteiger charge is -2.13. The van der Waals surface area contributed by atoms with Gasteiger partial charge in [0.25, 0.3) is 5.91 Å². The van der Waals surface area contributed by atoms with E-state index in [0.29, 0.717) is 37.9 Å². The number of ether oxygens (including phenoxy) is 3. The molecular formula is C15H14N4O4S2. The fourth-order valence-corrected chi connectivity index (χ4v) is 3.25. The number of hydrogen-bond donors (Lipinski definition) is 1. The van der Waals surface area contributed by atoms with E-state index < -0.39 is 0 Å². The van der Waals surface area contributed by atoms with Crippen LogP contribution in [-0.4, -0.2) is 46.6 Å². The van der Waals surface area contributed by atoms with Gasteiger partial charge in [0, 0.05) is 12.1 Å². The van der Waals surface area contributed by atoms with Crippen LogP contribution in [0.3, 0.4) is 0 Å². The van der Waals surface area contributed by atoms with Crippen LogP contribution >= 0.6 is 24.0 Å². The predicted molar refractivity (Wildman–Crippen MR) is 97.3 cm³/mol. The van der Waals surface area contributed by atoms with E-state index in [9.17, 15) is 4.79 Å². The van der Waals surface area contributed by atoms with E-state index in [2.05, 4.69) is 15.6 Å². The lowest BCUT2D eigenvalue weighted by atomic mass is 10.2. The number of hydrogen-bond acceptors (Lipinski definition) is 8. The summed E-state index contributed by atoms with van der Waals surface area (Å²) in [5.74, 6) is 1.26. The first-order chi connectivity index (χ1) is 12.0. The number of amides is 1. The Morgan fingerprint density at radius 1 is 1.20 bits per heavy atom. The number of methoxy groups -OCH3 is 3. The molecule has 25 heavy (non-hydrogen) atoms. The molecule has 0 unspecified atom stereocenters. The summed E-state index contributed by atoms with van der Waals surface area (Å²) >= 11 is 6.15. The van der Waals surface area contributed by atoms with Crippen LogP contribution in [0.2, 0.25) is 0 Å². The summed E-state index contributed by atoms with van der Waals surface area (Å²) in [6, 6.07) is 3.50. The Labute approximate surface area is 153 Å². The second kappa shape index (κ2) is 7.11. The number of benzene rings is 1. The molecule has 0 atom stereocenters. The Balaban J connectivity index is 1.96. The second-order valence-corrected chi connectivity index (χ2v) is 6.54. The first kappa shape index (κ1) is 17.2. The van der Waals surface area contributed by atoms with E-state index in [1.807, 2.05) is 0 Å². The predicted octanol–water partition coefficient (Wildman–Crippen LogP) is 1.78. The van der Waals surface area contributed by atoms with E-state index in [-0.39, 0.29) is 5.91 Å². The van der Waals surface area contributed by atoms with Gasteiger partial charge in [0.1, 0.15) is 10.0 Å². The Bertz CT molecular complexity index is 853. The number of rotatable bonds is 5. The minimum absolute atomic E-state index is 0.239. The van der Waals surface area contributed by atoms with Gasteiger partial charge in [0.05, 0.1) is 38.1 Å². The maximum atomic E-state index is 11.7. The maximum absolute atomic E-state index is 11.7. The average molecular weight is 378 g/mol. The molecule has 0 saturated carbocycles. The van der Waals surface area contributed by atoms with Crippen LogP contribution in [0.15, 0.2) is 23.2 Å². The van der Waals surface area contributed by atoms with Gasteiger partial charge >= 0.3 is 0 Å². The molecule has 0 aliphatic carbocycles. The highest BCUT2D eigenvalue weighted by molar-refractivity contribution is 8.26. The number of carbonyl (C=O) groups is 1. The fraction of sp³-hybridized carbons (Fsp3) is 0.200. The molecule has 2 heterocycles. The first-order valence-corrected chi connectivity index (χ1v) is 8.25. The van der Waals surface area contributed by atoms with E-state index >= 15 is 0 Å². The molecule has 1 aliphatic rings. The van der Waals surface area contributed by atoms with Crippen LogP contribution in [-0.2, 0) is 4.79 Å². The molecule has 1 aromatic carbocycles. The number of nitrogens with one attached hydrogen (secondary N) is 1. The molecule has 1 fully saturated rings. The summed E-state index contributed by atoms with van der Waals surface area (Å²) in [7, 11) is 4.61. The summed E-state index contributed by atoms with van der Waals surface area (Å²) in [6.45, 7) is 0. The minimum Gasteiger partial charge on any atom is -0.493 e. The van der Waals surface area contributed by atoms with Gasteiger partial charge in [-0.15, -0.1) is 5.10 Å². The molecule has 1 saturated heterocycles. The number of nitrogens with zero attached hydrogens (tertiary/aromatic N) is 3. The van der Waals surface area contributed by atoms with Crippen LogP contribution in [0.1, 0.15) is 5.69 Å². The van der Waals surface area contributed by atoms with Gasteiger partial charge in [-0.25, -0.2) is 4.68 Å². The quantitative estimate of drug-likeness (QED) is 0.622. The molecule has 1 amide bonds. The third kappa shape index (κ3) is 3.44. The van der Waals surface area contributed by atoms with Gasteiger partial charge in [-0.3, -0.25) is 4.79 Å². The van der Waals surface area contributed by atoms with Crippen LogP contribution in [0.25, 0.3) is 11.8 Å². The van der Waals surface area contributed by atoms with Gasteiger partial charge in [0.2, 0.25) is 5.75 Å². The third-order valence-electron chi connectivity index (χ3n) is 3.35. The molecule has 0 bridgehead atoms. The number of thiocarbonyl (C=S) groups is 1. The van der Waals surface area contributed by atoms with Crippen LogP contribution in [0.5, 0.6) is 17.2 Å². The molecule has 8 nitrogen and oxygen atoms in total. The SMILES string of the molecule is COc1cc(-n2cc(/C=C3\SC(=S)NC3=O)nn2)cc(OC)c1OC. The van der Waals surface area contributed by atoms with E-state index in [1.165, 1.54) is 33.1 Å². The molecule has 130 valence electrons. The smallest absolute Gasteiger partial charge is 0.263 e. The van der Waals surface area contributed by atoms with Gasteiger partial charge in [-0.1, -0.05) is 29.2 Å². The topological polar surface area (TPSA) is 87.5 Å². The van der Waals surface area contributed by atoms with Crippen LogP contribution < -0.4 is 19.5 Å². The molecule has 1 aromatic heterocycles. The largest absolute Gasteiger partial charge is 0.493 e. The average Bonchev–Trinajstić information content (AvgIpc) is 3.20. The normalized spacial score (nSPS) is 15.4. The molecular weight excluding hydrogens is 364 g/mol. The van der Waals surface area contributed by atoms with E-state index in [1.54, 1.807) is 29.1 Å². The second-order valence-electron chi connectivity index (χ2n) is 4.82. The van der Waals surface area contributed by atoms with Crippen molar-refractivity contribution in [3.8, 4) is 22.9 Å². The van der Waals surface area contributed by atoms with Crippen molar-refractivity contribution in [2.75, 3.05) is 21.3 Å². The zero-order chi connectivity index (χ0) is 18.0. The highest BCUT2D eigenvalue weighted by atomic mass is 32.2. The van der Waals surface area contributed by atoms with Gasteiger partial charge in [-0.2, -0.15) is 0 Å². The van der Waals surface area contributed by atoms with E-state index in [4.69, 9.17) is 26.4 Å². The molecule has 0 radical (unpaired) electrons. The minimum atomic E-state index is -0.239. The highest BCUT2D eigenvalue weighted by Gasteiger charge is 2.22. The number of aromatic nitrogens is 3. The third-order valence-corrected chi connectivity index (χ3v) is 4.51. The number of carbonyl (C=O) groups excluding carboxylic acids is 1. The van der Waals surface area contributed by atoms with Gasteiger partial charge in [-0.05, 0) is 6.08 Å². The molecule has 1 aliphatic heterocycles. The standard InChI is InChI=1S/C15H14N4O4S2/c1-21-10-5-9(6-11(22-2)13(10)23-3)19-7-8(17-18-19)4-12-14(20)16-15(24)25-12/h4-7H,1-3H3,(H,16,20,24)/b12-4-. The summed E-state index contributed by atoms with van der Waals surface area (Å²) in [5, 5.41) is 10.7. The van der Waals surface area contributed by atoms with Crippen LogP contribution in [0, 0.1) is 0 Å². The molecule has 1 N–H and O–H groups in total. The lowest BCUT2D eigenvalue weighted by molar-refractivity contribution is -0.115. The Morgan fingerprint density at radius 2 is 1.88 bits per heavy atom. The van der Waals surface area contributed by atoms with E-state index in [0.717, 1.165) is 0 Å². The van der Waals surface area contributed by atoms with Crippen molar-refractivity contribution in [2.45, 2.75) is 0 Å². The molecule has 2 aromatic rings. The summed E-state index contributed by atoms with van der Waals surface area (Å²) < 4.78 is 17.9. The molecule has 0 spiro atoms. The Kier molecular flexibility index (Phi) is 4.91. The zero-order valence-corrected chi connectivity index (χ0v) is 15.2. The van der Waals surface area contributed by atoms with Crippen molar-refractivity contribution in [3.63, 3.8) is 0 Å². The first-order valence-electron chi connectivity index (χ1n) is 7.03. The van der Waals surface area contributed by atoms with Crippen molar-refractivity contribution < 1.29 is 19.0 Å². The van der Waals surface area contributed by atoms with Crippen LogP contribution in [0.4, 0.5) is 0 Å². The van der Waals surface area contributed by atoms with Crippen molar-refractivity contribution in [3.05, 3.63) is 28.9 Å². The molecule has 3 rings (SSSR count).